The zero-order valence-corrected chi connectivity index (χ0v) is 13.9. The van der Waals surface area contributed by atoms with Crippen LogP contribution in [0.4, 0.5) is 16.2 Å². The van der Waals surface area contributed by atoms with E-state index in [1.165, 1.54) is 0 Å². The zero-order chi connectivity index (χ0) is 17.9. The molecule has 2 N–H and O–H groups in total. The smallest absolute Gasteiger partial charge is 0.321 e. The molecule has 2 aromatic carbocycles. The Hall–Kier alpha value is -3.54. The van der Waals surface area contributed by atoms with Crippen molar-refractivity contribution in [2.75, 3.05) is 23.3 Å². The lowest BCUT2D eigenvalue weighted by molar-refractivity contribution is 0.102. The molecule has 1 fully saturated rings. The molecule has 0 unspecified atom stereocenters. The molecule has 4 rings (SSSR count). The molecule has 3 amide bonds. The average Bonchev–Trinajstić information content (AvgIpc) is 3.34. The molecule has 0 bridgehead atoms. The van der Waals surface area contributed by atoms with E-state index in [0.717, 1.165) is 16.8 Å². The second-order valence-electron chi connectivity index (χ2n) is 5.98. The largest absolute Gasteiger partial charge is 0.472 e. The van der Waals surface area contributed by atoms with Gasteiger partial charge in [0, 0.05) is 35.6 Å². The lowest BCUT2D eigenvalue weighted by Crippen LogP contribution is -2.27. The van der Waals surface area contributed by atoms with Crippen molar-refractivity contribution in [3.63, 3.8) is 0 Å². The number of rotatable bonds is 4. The molecule has 130 valence electrons. The fraction of sp³-hybridized carbons (Fsp3) is 0.100. The molecular weight excluding hydrogens is 330 g/mol. The zero-order valence-electron chi connectivity index (χ0n) is 13.9. The number of amides is 3. The lowest BCUT2D eigenvalue weighted by Gasteiger charge is -2.15. The third kappa shape index (κ3) is 3.17. The topological polar surface area (TPSA) is 74.6 Å². The number of carbonyl (C=O) groups excluding carboxylic acids is 2. The molecule has 0 saturated carbocycles. The van der Waals surface area contributed by atoms with Crippen molar-refractivity contribution in [3.8, 4) is 11.1 Å². The summed E-state index contributed by atoms with van der Waals surface area (Å²) in [6.45, 7) is 1.24. The quantitative estimate of drug-likeness (QED) is 0.755. The number of urea groups is 1. The molecule has 3 aromatic rings. The van der Waals surface area contributed by atoms with Gasteiger partial charge in [-0.3, -0.25) is 9.69 Å². The fourth-order valence-corrected chi connectivity index (χ4v) is 2.94. The van der Waals surface area contributed by atoms with E-state index in [2.05, 4.69) is 10.6 Å². The van der Waals surface area contributed by atoms with E-state index in [1.54, 1.807) is 35.6 Å². The van der Waals surface area contributed by atoms with Gasteiger partial charge in [-0.2, -0.15) is 0 Å². The summed E-state index contributed by atoms with van der Waals surface area (Å²) in [5.74, 6) is -0.210. The molecule has 2 heterocycles. The van der Waals surface area contributed by atoms with Crippen LogP contribution in [-0.4, -0.2) is 25.0 Å². The van der Waals surface area contributed by atoms with Crippen molar-refractivity contribution in [3.05, 3.63) is 72.7 Å². The molecule has 1 aromatic heterocycles. The molecule has 1 aliphatic rings. The molecule has 0 atom stereocenters. The van der Waals surface area contributed by atoms with Crippen molar-refractivity contribution in [2.24, 2.45) is 0 Å². The van der Waals surface area contributed by atoms with Gasteiger partial charge in [0.2, 0.25) is 0 Å². The van der Waals surface area contributed by atoms with E-state index in [9.17, 15) is 9.59 Å². The van der Waals surface area contributed by atoms with Crippen LogP contribution in [0.15, 0.2) is 71.5 Å². The highest BCUT2D eigenvalue weighted by atomic mass is 16.3. The number of furan rings is 1. The SMILES string of the molecule is O=C(Nc1cccc(N2CCNC2=O)c1)c1cccc(-c2ccoc2)c1. The minimum Gasteiger partial charge on any atom is -0.472 e. The first-order chi connectivity index (χ1) is 12.7. The predicted octanol–water partition coefficient (Wildman–Crippen LogP) is 3.73. The average molecular weight is 347 g/mol. The van der Waals surface area contributed by atoms with Gasteiger partial charge in [0.15, 0.2) is 0 Å². The predicted molar refractivity (Wildman–Crippen MR) is 99.3 cm³/mol. The summed E-state index contributed by atoms with van der Waals surface area (Å²) in [5, 5.41) is 5.65. The van der Waals surface area contributed by atoms with Crippen LogP contribution >= 0.6 is 0 Å². The normalized spacial score (nSPS) is 13.5. The van der Waals surface area contributed by atoms with E-state index < -0.39 is 0 Å². The maximum atomic E-state index is 12.6. The van der Waals surface area contributed by atoms with Crippen LogP contribution in [0, 0.1) is 0 Å². The number of anilines is 2. The number of nitrogens with one attached hydrogen (secondary N) is 2. The van der Waals surface area contributed by atoms with E-state index >= 15 is 0 Å². The maximum Gasteiger partial charge on any atom is 0.321 e. The van der Waals surface area contributed by atoms with Gasteiger partial charge in [0.1, 0.15) is 0 Å². The van der Waals surface area contributed by atoms with Crippen molar-refractivity contribution in [1.82, 2.24) is 5.32 Å². The van der Waals surface area contributed by atoms with Gasteiger partial charge in [0.25, 0.3) is 5.91 Å². The van der Waals surface area contributed by atoms with Gasteiger partial charge >= 0.3 is 6.03 Å². The third-order valence-electron chi connectivity index (χ3n) is 4.25. The highest BCUT2D eigenvalue weighted by molar-refractivity contribution is 6.05. The molecule has 6 heteroatoms. The Labute approximate surface area is 150 Å². The molecule has 1 aliphatic heterocycles. The standard InChI is InChI=1S/C20H17N3O3/c24-19(15-4-1-3-14(11-15)16-7-10-26-13-16)22-17-5-2-6-18(12-17)23-9-8-21-20(23)25/h1-7,10-13H,8-9H2,(H,21,25)(H,22,24). The molecule has 0 spiro atoms. The first kappa shape index (κ1) is 16.0. The van der Waals surface area contributed by atoms with Gasteiger partial charge < -0.3 is 15.1 Å². The number of benzene rings is 2. The highest BCUT2D eigenvalue weighted by Gasteiger charge is 2.21. The minimum atomic E-state index is -0.210. The fourth-order valence-electron chi connectivity index (χ4n) is 2.94. The Bertz CT molecular complexity index is 950. The van der Waals surface area contributed by atoms with Crippen LogP contribution in [0.1, 0.15) is 10.4 Å². The second kappa shape index (κ2) is 6.76. The Balaban J connectivity index is 1.53. The first-order valence-corrected chi connectivity index (χ1v) is 8.30. The van der Waals surface area contributed by atoms with Gasteiger partial charge in [-0.05, 0) is 42.0 Å². The van der Waals surface area contributed by atoms with E-state index in [-0.39, 0.29) is 11.9 Å². The van der Waals surface area contributed by atoms with Crippen molar-refractivity contribution in [1.29, 1.82) is 0 Å². The summed E-state index contributed by atoms with van der Waals surface area (Å²) in [5.41, 5.74) is 3.77. The number of hydrogen-bond acceptors (Lipinski definition) is 3. The van der Waals surface area contributed by atoms with E-state index in [0.29, 0.717) is 24.3 Å². The molecule has 0 aliphatic carbocycles. The lowest BCUT2D eigenvalue weighted by atomic mass is 10.1. The van der Waals surface area contributed by atoms with Crippen LogP contribution in [-0.2, 0) is 0 Å². The van der Waals surface area contributed by atoms with E-state index in [1.807, 2.05) is 36.4 Å². The van der Waals surface area contributed by atoms with Crippen LogP contribution in [0.3, 0.4) is 0 Å². The van der Waals surface area contributed by atoms with Crippen LogP contribution in [0.2, 0.25) is 0 Å². The number of hydrogen-bond donors (Lipinski definition) is 2. The van der Waals surface area contributed by atoms with Gasteiger partial charge in [-0.15, -0.1) is 0 Å². The summed E-state index contributed by atoms with van der Waals surface area (Å²) in [4.78, 5) is 26.1. The Kier molecular flexibility index (Phi) is 4.15. The molecule has 1 saturated heterocycles. The molecule has 0 radical (unpaired) electrons. The molecular formula is C20H17N3O3. The Morgan fingerprint density at radius 2 is 1.96 bits per heavy atom. The van der Waals surface area contributed by atoms with Crippen molar-refractivity contribution < 1.29 is 14.0 Å². The van der Waals surface area contributed by atoms with Gasteiger partial charge in [-0.25, -0.2) is 4.79 Å². The van der Waals surface area contributed by atoms with Gasteiger partial charge in [0.05, 0.1) is 12.5 Å². The van der Waals surface area contributed by atoms with Gasteiger partial charge in [-0.1, -0.05) is 18.2 Å². The Morgan fingerprint density at radius 3 is 2.73 bits per heavy atom. The van der Waals surface area contributed by atoms with Crippen LogP contribution in [0.25, 0.3) is 11.1 Å². The molecule has 6 nitrogen and oxygen atoms in total. The highest BCUT2D eigenvalue weighted by Crippen LogP contribution is 2.23. The van der Waals surface area contributed by atoms with Crippen molar-refractivity contribution in [2.45, 2.75) is 0 Å². The summed E-state index contributed by atoms with van der Waals surface area (Å²) in [6.07, 6.45) is 3.24. The second-order valence-corrected chi connectivity index (χ2v) is 5.98. The Morgan fingerprint density at radius 1 is 1.08 bits per heavy atom. The summed E-state index contributed by atoms with van der Waals surface area (Å²) < 4.78 is 5.10. The van der Waals surface area contributed by atoms with Crippen molar-refractivity contribution >= 4 is 23.3 Å². The van der Waals surface area contributed by atoms with Crippen LogP contribution in [0.5, 0.6) is 0 Å². The van der Waals surface area contributed by atoms with E-state index in [4.69, 9.17) is 4.42 Å². The summed E-state index contributed by atoms with van der Waals surface area (Å²) in [7, 11) is 0. The maximum absolute atomic E-state index is 12.6. The third-order valence-corrected chi connectivity index (χ3v) is 4.25. The summed E-state index contributed by atoms with van der Waals surface area (Å²) >= 11 is 0. The number of carbonyl (C=O) groups is 2. The number of nitrogens with zero attached hydrogens (tertiary/aromatic N) is 1. The molecule has 26 heavy (non-hydrogen) atoms. The minimum absolute atomic E-state index is 0.124. The van der Waals surface area contributed by atoms with Crippen LogP contribution < -0.4 is 15.5 Å². The summed E-state index contributed by atoms with van der Waals surface area (Å²) in [6, 6.07) is 16.3. The monoisotopic (exact) mass is 347 g/mol. The first-order valence-electron chi connectivity index (χ1n) is 8.30.